The molecule has 5 rings (SSSR count). The lowest BCUT2D eigenvalue weighted by molar-refractivity contribution is -0.133. The van der Waals surface area contributed by atoms with Crippen LogP contribution >= 0.6 is 0 Å². The Morgan fingerprint density at radius 2 is 1.85 bits per heavy atom. The maximum Gasteiger partial charge on any atom is 0.240 e. The predicted molar refractivity (Wildman–Crippen MR) is 128 cm³/mol. The van der Waals surface area contributed by atoms with Crippen LogP contribution in [-0.2, 0) is 16.1 Å². The van der Waals surface area contributed by atoms with Gasteiger partial charge in [0, 0.05) is 37.4 Å². The first-order valence-corrected chi connectivity index (χ1v) is 11.7. The predicted octanol–water partition coefficient (Wildman–Crippen LogP) is 3.17. The van der Waals surface area contributed by atoms with Crippen LogP contribution in [0.25, 0.3) is 10.9 Å². The second kappa shape index (κ2) is 9.17. The first-order chi connectivity index (χ1) is 16.1. The van der Waals surface area contributed by atoms with Gasteiger partial charge in [0.2, 0.25) is 11.8 Å². The Hall–Kier alpha value is -3.48. The number of nitrogens with one attached hydrogen (secondary N) is 1. The highest BCUT2D eigenvalue weighted by atomic mass is 16.2. The zero-order valence-corrected chi connectivity index (χ0v) is 19.0. The third kappa shape index (κ3) is 4.53. The molecule has 7 heteroatoms. The molecule has 1 aromatic heterocycles. The van der Waals surface area contributed by atoms with Gasteiger partial charge in [0.25, 0.3) is 0 Å². The van der Waals surface area contributed by atoms with Crippen LogP contribution < -0.4 is 10.2 Å². The molecule has 2 aliphatic heterocycles. The van der Waals surface area contributed by atoms with Gasteiger partial charge >= 0.3 is 0 Å². The van der Waals surface area contributed by atoms with E-state index >= 15 is 0 Å². The lowest BCUT2D eigenvalue weighted by atomic mass is 9.99. The molecule has 7 nitrogen and oxygen atoms in total. The maximum absolute atomic E-state index is 12.7. The van der Waals surface area contributed by atoms with Gasteiger partial charge in [-0.1, -0.05) is 42.5 Å². The molecule has 170 valence electrons. The second-order valence-electron chi connectivity index (χ2n) is 8.99. The zero-order valence-electron chi connectivity index (χ0n) is 19.0. The first kappa shape index (κ1) is 21.4. The van der Waals surface area contributed by atoms with Gasteiger partial charge in [0.05, 0.1) is 18.6 Å². The monoisotopic (exact) mass is 443 g/mol. The number of nitrogens with zero attached hydrogens (tertiary/aromatic N) is 4. The highest BCUT2D eigenvalue weighted by Crippen LogP contribution is 2.29. The molecular weight excluding hydrogens is 414 g/mol. The Balaban J connectivity index is 1.26. The highest BCUT2D eigenvalue weighted by Gasteiger charge is 2.31. The van der Waals surface area contributed by atoms with Crippen LogP contribution in [-0.4, -0.2) is 52.9 Å². The summed E-state index contributed by atoms with van der Waals surface area (Å²) in [5.74, 6) is 1.52. The fourth-order valence-corrected chi connectivity index (χ4v) is 4.85. The van der Waals surface area contributed by atoms with Crippen LogP contribution in [0.1, 0.15) is 42.1 Å². The molecule has 0 spiro atoms. The Labute approximate surface area is 193 Å². The summed E-state index contributed by atoms with van der Waals surface area (Å²) < 4.78 is 0. The average Bonchev–Trinajstić information content (AvgIpc) is 3.49. The van der Waals surface area contributed by atoms with Gasteiger partial charge < -0.3 is 15.1 Å². The van der Waals surface area contributed by atoms with Gasteiger partial charge in [0.1, 0.15) is 5.82 Å². The van der Waals surface area contributed by atoms with E-state index in [0.717, 1.165) is 53.8 Å². The van der Waals surface area contributed by atoms with Gasteiger partial charge in [-0.2, -0.15) is 0 Å². The van der Waals surface area contributed by atoms with Crippen LogP contribution in [0, 0.1) is 6.92 Å². The van der Waals surface area contributed by atoms with Crippen LogP contribution in [0.3, 0.4) is 0 Å². The van der Waals surface area contributed by atoms with Crippen LogP contribution in [0.15, 0.2) is 48.5 Å². The van der Waals surface area contributed by atoms with Crippen molar-refractivity contribution in [1.29, 1.82) is 0 Å². The smallest absolute Gasteiger partial charge is 0.240 e. The molecule has 0 aliphatic carbocycles. The number of aromatic nitrogens is 2. The Morgan fingerprint density at radius 3 is 2.64 bits per heavy atom. The number of fused-ring (bicyclic) bond motifs is 1. The average molecular weight is 444 g/mol. The van der Waals surface area contributed by atoms with Gasteiger partial charge in [-0.05, 0) is 37.0 Å². The molecular formula is C26H29N5O2. The first-order valence-electron chi connectivity index (χ1n) is 11.7. The van der Waals surface area contributed by atoms with E-state index in [0.29, 0.717) is 18.8 Å². The number of aryl methyl sites for hydroxylation is 1. The van der Waals surface area contributed by atoms with Gasteiger partial charge in [-0.3, -0.25) is 9.59 Å². The number of hydrogen-bond acceptors (Lipinski definition) is 5. The number of likely N-dealkylation sites (tertiary alicyclic amines) is 1. The number of benzene rings is 2. The Kier molecular flexibility index (Phi) is 5.94. The number of amides is 2. The van der Waals surface area contributed by atoms with Crippen molar-refractivity contribution in [3.8, 4) is 0 Å². The molecule has 2 fully saturated rings. The van der Waals surface area contributed by atoms with Crippen molar-refractivity contribution in [3.63, 3.8) is 0 Å². The normalized spacial score (nSPS) is 18.3. The number of hydrogen-bond donors (Lipinski definition) is 1. The van der Waals surface area contributed by atoms with E-state index in [2.05, 4.69) is 16.3 Å². The second-order valence-corrected chi connectivity index (χ2v) is 8.99. The van der Waals surface area contributed by atoms with E-state index in [1.54, 1.807) is 4.90 Å². The summed E-state index contributed by atoms with van der Waals surface area (Å²) in [6.07, 6.45) is 2.78. The summed E-state index contributed by atoms with van der Waals surface area (Å²) in [5, 5.41) is 3.98. The van der Waals surface area contributed by atoms with Crippen molar-refractivity contribution >= 4 is 28.5 Å². The molecule has 3 heterocycles. The molecule has 0 saturated carbocycles. The van der Waals surface area contributed by atoms with E-state index in [-0.39, 0.29) is 30.8 Å². The molecule has 2 saturated heterocycles. The molecule has 2 aromatic carbocycles. The van der Waals surface area contributed by atoms with E-state index < -0.39 is 0 Å². The number of anilines is 1. The Bertz CT molecular complexity index is 1170. The third-order valence-corrected chi connectivity index (χ3v) is 6.62. The topological polar surface area (TPSA) is 78.4 Å². The van der Waals surface area contributed by atoms with E-state index in [9.17, 15) is 9.59 Å². The summed E-state index contributed by atoms with van der Waals surface area (Å²) in [6, 6.07) is 16.2. The van der Waals surface area contributed by atoms with E-state index in [1.165, 1.54) is 0 Å². The fraction of sp³-hybridized carbons (Fsp3) is 0.385. The molecule has 3 aromatic rings. The van der Waals surface area contributed by atoms with Crippen molar-refractivity contribution < 1.29 is 9.59 Å². The molecule has 1 unspecified atom stereocenters. The molecule has 2 amide bonds. The minimum atomic E-state index is -0.187. The summed E-state index contributed by atoms with van der Waals surface area (Å²) in [6.45, 7) is 4.91. The highest BCUT2D eigenvalue weighted by molar-refractivity contribution is 5.92. The Morgan fingerprint density at radius 1 is 1.06 bits per heavy atom. The summed E-state index contributed by atoms with van der Waals surface area (Å²) >= 11 is 0. The summed E-state index contributed by atoms with van der Waals surface area (Å²) in [7, 11) is 0. The quantitative estimate of drug-likeness (QED) is 0.633. The van der Waals surface area contributed by atoms with Crippen molar-refractivity contribution in [2.24, 2.45) is 0 Å². The van der Waals surface area contributed by atoms with Crippen molar-refractivity contribution in [3.05, 3.63) is 65.5 Å². The van der Waals surface area contributed by atoms with Gasteiger partial charge in [-0.15, -0.1) is 0 Å². The fourth-order valence-electron chi connectivity index (χ4n) is 4.85. The number of rotatable bonds is 6. The minimum absolute atomic E-state index is 0.0212. The number of carbonyl (C=O) groups is 2. The molecule has 0 bridgehead atoms. The summed E-state index contributed by atoms with van der Waals surface area (Å²) in [4.78, 5) is 38.6. The largest absolute Gasteiger partial charge is 0.356 e. The maximum atomic E-state index is 12.7. The SMILES string of the molecule is Cc1cccc2c(N3CCCC3)nc(CNC(=O)CN3CC(c4ccccc4)CC3=O)nc12. The molecule has 1 N–H and O–H groups in total. The molecule has 2 aliphatic rings. The van der Waals surface area contributed by atoms with Crippen molar-refractivity contribution in [2.45, 2.75) is 38.6 Å². The van der Waals surface area contributed by atoms with E-state index in [4.69, 9.17) is 9.97 Å². The zero-order chi connectivity index (χ0) is 22.8. The lowest BCUT2D eigenvalue weighted by Gasteiger charge is -2.20. The third-order valence-electron chi connectivity index (χ3n) is 6.62. The number of carbonyl (C=O) groups excluding carboxylic acids is 2. The lowest BCUT2D eigenvalue weighted by Crippen LogP contribution is -2.38. The van der Waals surface area contributed by atoms with Crippen LogP contribution in [0.2, 0.25) is 0 Å². The standard InChI is InChI=1S/C26H29N5O2/c1-18-8-7-11-21-25(18)28-22(29-26(21)30-12-5-6-13-30)15-27-23(32)17-31-16-20(14-24(31)33)19-9-3-2-4-10-19/h2-4,7-11,20H,5-6,12-17H2,1H3,(H,27,32). The van der Waals surface area contributed by atoms with E-state index in [1.807, 2.05) is 49.4 Å². The van der Waals surface area contributed by atoms with Crippen molar-refractivity contribution in [2.75, 3.05) is 31.1 Å². The van der Waals surface area contributed by atoms with Crippen molar-refractivity contribution in [1.82, 2.24) is 20.2 Å². The minimum Gasteiger partial charge on any atom is -0.356 e. The van der Waals surface area contributed by atoms with Gasteiger partial charge in [-0.25, -0.2) is 9.97 Å². The number of para-hydroxylation sites is 1. The van der Waals surface area contributed by atoms with Crippen LogP contribution in [0.5, 0.6) is 0 Å². The molecule has 1 atom stereocenters. The summed E-state index contributed by atoms with van der Waals surface area (Å²) in [5.41, 5.74) is 3.17. The van der Waals surface area contributed by atoms with Crippen LogP contribution in [0.4, 0.5) is 5.82 Å². The molecule has 0 radical (unpaired) electrons. The molecule has 33 heavy (non-hydrogen) atoms. The van der Waals surface area contributed by atoms with Gasteiger partial charge in [0.15, 0.2) is 5.82 Å².